The molecule has 1 N–H and O–H groups in total. The predicted octanol–water partition coefficient (Wildman–Crippen LogP) is 3.94. The van der Waals surface area contributed by atoms with Gasteiger partial charge in [-0.05, 0) is 24.8 Å². The van der Waals surface area contributed by atoms with Crippen molar-refractivity contribution in [3.63, 3.8) is 0 Å². The average Bonchev–Trinajstić information content (AvgIpc) is 2.71. The van der Waals surface area contributed by atoms with Gasteiger partial charge in [0.2, 0.25) is 5.91 Å². The van der Waals surface area contributed by atoms with Crippen LogP contribution >= 0.6 is 0 Å². The van der Waals surface area contributed by atoms with Crippen LogP contribution in [0.1, 0.15) is 51.5 Å². The molecule has 0 spiro atoms. The van der Waals surface area contributed by atoms with Crippen LogP contribution in [-0.2, 0) is 4.79 Å². The number of hydrogen-bond donors (Lipinski definition) is 1. The maximum atomic E-state index is 12.5. The lowest BCUT2D eigenvalue weighted by atomic mass is 9.82. The molecule has 0 saturated heterocycles. The lowest BCUT2D eigenvalue weighted by Gasteiger charge is -2.24. The predicted molar refractivity (Wildman–Crippen MR) is 93.5 cm³/mol. The van der Waals surface area contributed by atoms with E-state index in [-0.39, 0.29) is 23.4 Å². The van der Waals surface area contributed by atoms with Crippen LogP contribution in [-0.4, -0.2) is 22.6 Å². The van der Waals surface area contributed by atoms with Crippen LogP contribution in [0.25, 0.3) is 0 Å². The highest BCUT2D eigenvalue weighted by Crippen LogP contribution is 2.34. The summed E-state index contributed by atoms with van der Waals surface area (Å²) in [5.74, 6) is 0.215. The zero-order valence-corrected chi connectivity index (χ0v) is 14.1. The Morgan fingerprint density at radius 2 is 1.96 bits per heavy atom. The van der Waals surface area contributed by atoms with Gasteiger partial charge < -0.3 is 5.32 Å². The third-order valence-corrected chi connectivity index (χ3v) is 4.92. The number of rotatable bonds is 3. The Balaban J connectivity index is 2.12. The number of nitrogens with one attached hydrogen (secondary N) is 1. The number of anilines is 1. The van der Waals surface area contributed by atoms with E-state index in [0.29, 0.717) is 11.3 Å². The first-order chi connectivity index (χ1) is 11.5. The fourth-order valence-electron chi connectivity index (χ4n) is 3.60. The van der Waals surface area contributed by atoms with Gasteiger partial charge in [-0.15, -0.1) is 0 Å². The zero-order valence-electron chi connectivity index (χ0n) is 14.1. The Morgan fingerprint density at radius 1 is 1.25 bits per heavy atom. The molecular weight excluding hydrogens is 306 g/mol. The minimum atomic E-state index is -0.451. The molecule has 1 amide bonds. The minimum Gasteiger partial charge on any atom is -0.324 e. The number of fused-ring (bicyclic) bond motifs is 1. The van der Waals surface area contributed by atoms with Crippen LogP contribution in [0.2, 0.25) is 0 Å². The van der Waals surface area contributed by atoms with Gasteiger partial charge in [-0.25, -0.2) is 0 Å². The Kier molecular flexibility index (Phi) is 4.64. The third-order valence-electron chi connectivity index (χ3n) is 4.92. The molecule has 1 fully saturated rings. The number of aliphatic imine (C=N–C) groups is 1. The molecule has 0 bridgehead atoms. The summed E-state index contributed by atoms with van der Waals surface area (Å²) in [6.45, 7) is 3.95. The maximum Gasteiger partial charge on any atom is 0.270 e. The standard InChI is InChI=1S/C18H23N3O3/c1-11(2)16-18(22)19-15-9-8-13(21(23)24)10-14(15)17(20-16)12-6-4-3-5-7-12/h8-12,16H,3-7H2,1-2H3,(H,19,22)/t16-/m0/s1. The third kappa shape index (κ3) is 3.18. The van der Waals surface area contributed by atoms with Gasteiger partial charge in [0.15, 0.2) is 0 Å². The molecule has 128 valence electrons. The van der Waals surface area contributed by atoms with Crippen LogP contribution in [0.4, 0.5) is 11.4 Å². The number of nitro groups is 1. The molecule has 0 unspecified atom stereocenters. The Bertz CT molecular complexity index is 691. The van der Waals surface area contributed by atoms with E-state index in [1.165, 1.54) is 12.5 Å². The number of non-ortho nitro benzene ring substituents is 1. The topological polar surface area (TPSA) is 84.6 Å². The fourth-order valence-corrected chi connectivity index (χ4v) is 3.60. The minimum absolute atomic E-state index is 0.0366. The molecule has 1 aromatic rings. The number of carbonyl (C=O) groups excluding carboxylic acids is 1. The summed E-state index contributed by atoms with van der Waals surface area (Å²) in [6, 6.07) is 4.18. The molecule has 1 heterocycles. The van der Waals surface area contributed by atoms with E-state index < -0.39 is 11.0 Å². The van der Waals surface area contributed by atoms with Crippen molar-refractivity contribution in [1.82, 2.24) is 0 Å². The molecule has 3 rings (SSSR count). The Morgan fingerprint density at radius 3 is 2.58 bits per heavy atom. The molecule has 24 heavy (non-hydrogen) atoms. The van der Waals surface area contributed by atoms with Gasteiger partial charge in [0, 0.05) is 29.3 Å². The van der Waals surface area contributed by atoms with E-state index in [2.05, 4.69) is 5.32 Å². The van der Waals surface area contributed by atoms with Crippen LogP contribution in [0, 0.1) is 22.0 Å². The summed E-state index contributed by atoms with van der Waals surface area (Å²) >= 11 is 0. The highest BCUT2D eigenvalue weighted by atomic mass is 16.6. The quantitative estimate of drug-likeness (QED) is 0.673. The largest absolute Gasteiger partial charge is 0.324 e. The van der Waals surface area contributed by atoms with Crippen molar-refractivity contribution in [1.29, 1.82) is 0 Å². The van der Waals surface area contributed by atoms with Crippen molar-refractivity contribution in [2.75, 3.05) is 5.32 Å². The molecule has 2 aliphatic rings. The second kappa shape index (κ2) is 6.71. The normalized spacial score (nSPS) is 21.7. The van der Waals surface area contributed by atoms with Crippen molar-refractivity contribution in [2.24, 2.45) is 16.8 Å². The first-order valence-corrected chi connectivity index (χ1v) is 8.64. The van der Waals surface area contributed by atoms with Gasteiger partial charge in [-0.2, -0.15) is 0 Å². The lowest BCUT2D eigenvalue weighted by molar-refractivity contribution is -0.384. The van der Waals surface area contributed by atoms with Gasteiger partial charge in [-0.1, -0.05) is 33.1 Å². The van der Waals surface area contributed by atoms with Crippen molar-refractivity contribution >= 4 is 23.0 Å². The molecule has 1 aliphatic heterocycles. The van der Waals surface area contributed by atoms with Crippen LogP contribution in [0.5, 0.6) is 0 Å². The fraction of sp³-hybridized carbons (Fsp3) is 0.556. The SMILES string of the molecule is CC(C)[C@@H]1N=C(C2CCCCC2)c2cc([N+](=O)[O-])ccc2NC1=O. The van der Waals surface area contributed by atoms with Gasteiger partial charge in [0.05, 0.1) is 10.6 Å². The lowest BCUT2D eigenvalue weighted by Crippen LogP contribution is -2.30. The number of hydrogen-bond acceptors (Lipinski definition) is 4. The van der Waals surface area contributed by atoms with E-state index in [0.717, 1.165) is 31.4 Å². The number of amides is 1. The van der Waals surface area contributed by atoms with Crippen LogP contribution < -0.4 is 5.32 Å². The molecule has 0 aromatic heterocycles. The monoisotopic (exact) mass is 329 g/mol. The van der Waals surface area contributed by atoms with Crippen LogP contribution in [0.15, 0.2) is 23.2 Å². The van der Waals surface area contributed by atoms with Gasteiger partial charge in [-0.3, -0.25) is 19.9 Å². The molecular formula is C18H23N3O3. The van der Waals surface area contributed by atoms with Gasteiger partial charge >= 0.3 is 0 Å². The smallest absolute Gasteiger partial charge is 0.270 e. The number of carbonyl (C=O) groups is 1. The number of nitro benzene ring substituents is 1. The zero-order chi connectivity index (χ0) is 17.3. The second-order valence-electron chi connectivity index (χ2n) is 7.01. The van der Waals surface area contributed by atoms with E-state index in [1.807, 2.05) is 13.8 Å². The Labute approximate surface area is 141 Å². The van der Waals surface area contributed by atoms with E-state index in [4.69, 9.17) is 4.99 Å². The summed E-state index contributed by atoms with van der Waals surface area (Å²) < 4.78 is 0. The molecule has 1 aliphatic carbocycles. The van der Waals surface area contributed by atoms with Crippen molar-refractivity contribution in [3.05, 3.63) is 33.9 Å². The first-order valence-electron chi connectivity index (χ1n) is 8.64. The molecule has 1 atom stereocenters. The van der Waals surface area contributed by atoms with Crippen LogP contribution in [0.3, 0.4) is 0 Å². The summed E-state index contributed by atoms with van der Waals surface area (Å²) in [5, 5.41) is 14.1. The van der Waals surface area contributed by atoms with E-state index in [9.17, 15) is 14.9 Å². The summed E-state index contributed by atoms with van der Waals surface area (Å²) in [4.78, 5) is 28.1. The number of benzene rings is 1. The highest BCUT2D eigenvalue weighted by Gasteiger charge is 2.32. The number of benzodiazepines with no additional fused rings is 1. The highest BCUT2D eigenvalue weighted by molar-refractivity contribution is 6.13. The number of nitrogens with zero attached hydrogens (tertiary/aromatic N) is 2. The summed E-state index contributed by atoms with van der Waals surface area (Å²) in [6.07, 6.45) is 5.56. The molecule has 6 nitrogen and oxygen atoms in total. The molecule has 1 aromatic carbocycles. The summed E-state index contributed by atoms with van der Waals surface area (Å²) in [5.41, 5.74) is 2.26. The van der Waals surface area contributed by atoms with E-state index >= 15 is 0 Å². The first kappa shape index (κ1) is 16.6. The van der Waals surface area contributed by atoms with Gasteiger partial charge in [0.1, 0.15) is 6.04 Å². The Hall–Kier alpha value is -2.24. The maximum absolute atomic E-state index is 12.5. The van der Waals surface area contributed by atoms with E-state index in [1.54, 1.807) is 12.1 Å². The van der Waals surface area contributed by atoms with Crippen molar-refractivity contribution in [3.8, 4) is 0 Å². The molecule has 1 saturated carbocycles. The molecule has 0 radical (unpaired) electrons. The average molecular weight is 329 g/mol. The van der Waals surface area contributed by atoms with Crippen molar-refractivity contribution in [2.45, 2.75) is 52.0 Å². The van der Waals surface area contributed by atoms with Gasteiger partial charge in [0.25, 0.3) is 5.69 Å². The molecule has 6 heteroatoms. The summed E-state index contributed by atoms with van der Waals surface area (Å²) in [7, 11) is 0. The second-order valence-corrected chi connectivity index (χ2v) is 7.01. The van der Waals surface area contributed by atoms with Crippen molar-refractivity contribution < 1.29 is 9.72 Å².